The summed E-state index contributed by atoms with van der Waals surface area (Å²) in [6, 6.07) is 0.801. The molecular weight excluding hydrogens is 386 g/mol. The predicted molar refractivity (Wildman–Crippen MR) is 111 cm³/mol. The van der Waals surface area contributed by atoms with E-state index in [0.29, 0.717) is 16.7 Å². The van der Waals surface area contributed by atoms with Crippen molar-refractivity contribution in [3.63, 3.8) is 0 Å². The van der Waals surface area contributed by atoms with E-state index >= 15 is 0 Å². The summed E-state index contributed by atoms with van der Waals surface area (Å²) in [5.74, 6) is -1.05. The monoisotopic (exact) mass is 412 g/mol. The Labute approximate surface area is 174 Å². The first-order valence-electron chi connectivity index (χ1n) is 9.97. The molecule has 0 fully saturated rings. The molecule has 0 aliphatic rings. The summed E-state index contributed by atoms with van der Waals surface area (Å²) in [4.78, 5) is 36.4. The van der Waals surface area contributed by atoms with Crippen molar-refractivity contribution in [2.24, 2.45) is 5.92 Å². The second-order valence-corrected chi connectivity index (χ2v) is 8.28. The number of carboxylic acid groups (broad SMARTS) is 1. The zero-order valence-electron chi connectivity index (χ0n) is 18.1. The van der Waals surface area contributed by atoms with Gasteiger partial charge in [-0.25, -0.2) is 4.79 Å². The normalized spacial score (nSPS) is 12.6. The summed E-state index contributed by atoms with van der Waals surface area (Å²) in [5, 5.41) is 15.4. The fourth-order valence-corrected chi connectivity index (χ4v) is 3.79. The van der Waals surface area contributed by atoms with Gasteiger partial charge in [-0.3, -0.25) is 4.79 Å². The molecule has 1 atom stereocenters. The highest BCUT2D eigenvalue weighted by Gasteiger charge is 2.21. The van der Waals surface area contributed by atoms with Gasteiger partial charge in [0.1, 0.15) is 16.9 Å². The molecule has 0 saturated carbocycles. The molecule has 0 bridgehead atoms. The highest BCUT2D eigenvalue weighted by atomic mass is 16.4. The number of nitrogens with one attached hydrogen (secondary N) is 1. The number of carboxylic acids is 1. The first-order valence-corrected chi connectivity index (χ1v) is 9.97. The van der Waals surface area contributed by atoms with E-state index in [-0.39, 0.29) is 24.3 Å². The van der Waals surface area contributed by atoms with Crippen molar-refractivity contribution in [2.45, 2.75) is 60.4 Å². The van der Waals surface area contributed by atoms with Crippen LogP contribution in [0.5, 0.6) is 0 Å². The average Bonchev–Trinajstić information content (AvgIpc) is 2.94. The summed E-state index contributed by atoms with van der Waals surface area (Å²) in [5.41, 5.74) is 3.05. The zero-order chi connectivity index (χ0) is 22.3. The van der Waals surface area contributed by atoms with Crippen LogP contribution in [0.25, 0.3) is 21.9 Å². The average molecular weight is 412 g/mol. The number of aliphatic carboxylic acids is 1. The third kappa shape index (κ3) is 3.84. The molecule has 1 aromatic carbocycles. The van der Waals surface area contributed by atoms with E-state index in [2.05, 4.69) is 5.32 Å². The van der Waals surface area contributed by atoms with Crippen LogP contribution in [0.4, 0.5) is 0 Å². The Morgan fingerprint density at radius 2 is 1.60 bits per heavy atom. The summed E-state index contributed by atoms with van der Waals surface area (Å²) < 4.78 is 11.4. The van der Waals surface area contributed by atoms with E-state index in [1.165, 1.54) is 0 Å². The summed E-state index contributed by atoms with van der Waals surface area (Å²) in [7, 11) is 0. The standard InChI is InChI=1S/C23H27NO6/c1-10(2)7-18(22(26)27)24-19(25)9-17-12(4)16-8-15-11(3)14(6)29-20(15)13(5)21(16)30-23(17)28/h8,10,18H,7,9H2,1-6H3,(H,24,25)(H,26,27)/p-1/t18-/m0/s1. The first-order chi connectivity index (χ1) is 14.0. The number of amides is 1. The molecule has 3 rings (SSSR count). The van der Waals surface area contributed by atoms with Gasteiger partial charge in [0, 0.05) is 16.3 Å². The minimum absolute atomic E-state index is 0.0627. The minimum atomic E-state index is -1.34. The van der Waals surface area contributed by atoms with E-state index in [0.717, 1.165) is 27.7 Å². The zero-order valence-corrected chi connectivity index (χ0v) is 18.1. The minimum Gasteiger partial charge on any atom is -0.548 e. The summed E-state index contributed by atoms with van der Waals surface area (Å²) >= 11 is 0. The van der Waals surface area contributed by atoms with Gasteiger partial charge in [-0.1, -0.05) is 13.8 Å². The molecule has 0 spiro atoms. The van der Waals surface area contributed by atoms with Crippen LogP contribution in [0.3, 0.4) is 0 Å². The number of furan rings is 1. The lowest BCUT2D eigenvalue weighted by Crippen LogP contribution is -2.49. The van der Waals surface area contributed by atoms with Crippen LogP contribution >= 0.6 is 0 Å². The van der Waals surface area contributed by atoms with E-state index in [9.17, 15) is 19.5 Å². The number of aryl methyl sites for hydroxylation is 4. The number of hydrogen-bond acceptors (Lipinski definition) is 6. The predicted octanol–water partition coefficient (Wildman–Crippen LogP) is 2.60. The third-order valence-corrected chi connectivity index (χ3v) is 5.61. The van der Waals surface area contributed by atoms with E-state index in [1.54, 1.807) is 6.92 Å². The Hall–Kier alpha value is -3.09. The molecule has 0 unspecified atom stereocenters. The molecule has 3 aromatic rings. The van der Waals surface area contributed by atoms with Gasteiger partial charge < -0.3 is 24.1 Å². The fraction of sp³-hybridized carbons (Fsp3) is 0.435. The molecule has 7 nitrogen and oxygen atoms in total. The molecule has 0 saturated heterocycles. The SMILES string of the molecule is Cc1oc2c(C)c3oc(=O)c(CC(=O)N[C@@H](CC(C)C)C(=O)[O-])c(C)c3cc2c1C. The Bertz CT molecular complexity index is 1210. The molecule has 1 amide bonds. The van der Waals surface area contributed by atoms with Gasteiger partial charge in [0.2, 0.25) is 5.91 Å². The van der Waals surface area contributed by atoms with Gasteiger partial charge >= 0.3 is 5.63 Å². The van der Waals surface area contributed by atoms with Gasteiger partial charge in [-0.05, 0) is 57.2 Å². The molecule has 0 radical (unpaired) electrons. The molecule has 0 aliphatic heterocycles. The van der Waals surface area contributed by atoms with Crippen molar-refractivity contribution < 1.29 is 23.5 Å². The summed E-state index contributed by atoms with van der Waals surface area (Å²) in [6.45, 7) is 11.1. The van der Waals surface area contributed by atoms with Crippen LogP contribution in [-0.4, -0.2) is 17.9 Å². The second kappa shape index (κ2) is 7.97. The summed E-state index contributed by atoms with van der Waals surface area (Å²) in [6.07, 6.45) is -0.0257. The molecule has 160 valence electrons. The maximum atomic E-state index is 12.6. The number of carbonyl (C=O) groups is 2. The molecule has 2 aromatic heterocycles. The Kier molecular flexibility index (Phi) is 5.74. The topological polar surface area (TPSA) is 113 Å². The van der Waals surface area contributed by atoms with Crippen LogP contribution in [0.15, 0.2) is 19.7 Å². The molecular formula is C23H26NO6-. The van der Waals surface area contributed by atoms with Crippen LogP contribution in [0.2, 0.25) is 0 Å². The fourth-order valence-electron chi connectivity index (χ4n) is 3.79. The third-order valence-electron chi connectivity index (χ3n) is 5.61. The molecule has 2 heterocycles. The molecule has 1 N–H and O–H groups in total. The number of carbonyl (C=O) groups excluding carboxylic acids is 2. The van der Waals surface area contributed by atoms with Crippen LogP contribution in [0, 0.1) is 33.6 Å². The van der Waals surface area contributed by atoms with Gasteiger partial charge in [0.25, 0.3) is 0 Å². The van der Waals surface area contributed by atoms with Crippen molar-refractivity contribution in [1.82, 2.24) is 5.32 Å². The van der Waals surface area contributed by atoms with E-state index in [4.69, 9.17) is 8.83 Å². The first kappa shape index (κ1) is 21.6. The van der Waals surface area contributed by atoms with Crippen molar-refractivity contribution in [2.75, 3.05) is 0 Å². The lowest BCUT2D eigenvalue weighted by molar-refractivity contribution is -0.308. The Balaban J connectivity index is 2.03. The Morgan fingerprint density at radius 1 is 1.00 bits per heavy atom. The van der Waals surface area contributed by atoms with E-state index < -0.39 is 23.5 Å². The van der Waals surface area contributed by atoms with Crippen LogP contribution in [-0.2, 0) is 16.0 Å². The van der Waals surface area contributed by atoms with Crippen molar-refractivity contribution in [1.29, 1.82) is 0 Å². The smallest absolute Gasteiger partial charge is 0.340 e. The second-order valence-electron chi connectivity index (χ2n) is 8.28. The number of hydrogen-bond donors (Lipinski definition) is 1. The highest BCUT2D eigenvalue weighted by Crippen LogP contribution is 2.34. The molecule has 7 heteroatoms. The van der Waals surface area contributed by atoms with Crippen LogP contribution < -0.4 is 16.0 Å². The number of rotatable bonds is 6. The van der Waals surface area contributed by atoms with Crippen LogP contribution in [0.1, 0.15) is 48.3 Å². The molecule has 30 heavy (non-hydrogen) atoms. The quantitative estimate of drug-likeness (QED) is 0.623. The number of fused-ring (bicyclic) bond motifs is 2. The van der Waals surface area contributed by atoms with Crippen molar-refractivity contribution >= 4 is 33.8 Å². The maximum Gasteiger partial charge on any atom is 0.340 e. The largest absolute Gasteiger partial charge is 0.548 e. The van der Waals surface area contributed by atoms with Gasteiger partial charge in [-0.15, -0.1) is 0 Å². The highest BCUT2D eigenvalue weighted by molar-refractivity contribution is 6.00. The maximum absolute atomic E-state index is 12.6. The van der Waals surface area contributed by atoms with E-state index in [1.807, 2.05) is 40.7 Å². The Morgan fingerprint density at radius 3 is 2.20 bits per heavy atom. The van der Waals surface area contributed by atoms with Gasteiger partial charge in [0.05, 0.1) is 24.0 Å². The molecule has 0 aliphatic carbocycles. The lowest BCUT2D eigenvalue weighted by Gasteiger charge is -2.21. The lowest BCUT2D eigenvalue weighted by atomic mass is 9.98. The van der Waals surface area contributed by atoms with Gasteiger partial charge in [0.15, 0.2) is 0 Å². The van der Waals surface area contributed by atoms with Crippen molar-refractivity contribution in [3.8, 4) is 0 Å². The number of benzene rings is 1. The van der Waals surface area contributed by atoms with Crippen molar-refractivity contribution in [3.05, 3.63) is 44.5 Å². The van der Waals surface area contributed by atoms with Gasteiger partial charge in [-0.2, -0.15) is 0 Å².